The number of oxazole rings is 1. The third-order valence-corrected chi connectivity index (χ3v) is 5.37. The molecule has 1 atom stereocenters. The van der Waals surface area contributed by atoms with Gasteiger partial charge in [0.05, 0.1) is 13.2 Å². The van der Waals surface area contributed by atoms with Crippen LogP contribution < -0.4 is 15.8 Å². The maximum Gasteiger partial charge on any atom is 0.433 e. The van der Waals surface area contributed by atoms with Crippen LogP contribution >= 0.6 is 0 Å². The summed E-state index contributed by atoms with van der Waals surface area (Å²) in [6.07, 6.45) is -4.70. The number of methoxy groups -OCH3 is 1. The highest BCUT2D eigenvalue weighted by Crippen LogP contribution is 2.37. The molecule has 4 aromatic rings. The highest BCUT2D eigenvalue weighted by atomic mass is 19.4. The van der Waals surface area contributed by atoms with Gasteiger partial charge in [-0.15, -0.1) is 0 Å². The van der Waals surface area contributed by atoms with Crippen molar-refractivity contribution in [1.29, 1.82) is 0 Å². The van der Waals surface area contributed by atoms with E-state index in [1.54, 1.807) is 0 Å². The van der Waals surface area contributed by atoms with Crippen molar-refractivity contribution in [3.8, 4) is 17.2 Å². The van der Waals surface area contributed by atoms with Crippen molar-refractivity contribution >= 4 is 16.8 Å². The van der Waals surface area contributed by atoms with Gasteiger partial charge in [-0.25, -0.2) is 23.1 Å². The molecular weight excluding hydrogens is 506 g/mol. The van der Waals surface area contributed by atoms with Gasteiger partial charge in [-0.05, 0) is 31.2 Å². The van der Waals surface area contributed by atoms with Gasteiger partial charge in [0.1, 0.15) is 34.4 Å². The number of hydrogen-bond donors (Lipinski definition) is 2. The van der Waals surface area contributed by atoms with Crippen LogP contribution in [0.5, 0.6) is 5.75 Å². The number of fused-ring (bicyclic) bond motifs is 1. The highest BCUT2D eigenvalue weighted by molar-refractivity contribution is 5.98. The second kappa shape index (κ2) is 9.73. The van der Waals surface area contributed by atoms with E-state index in [2.05, 4.69) is 15.3 Å². The zero-order valence-electron chi connectivity index (χ0n) is 19.2. The predicted molar refractivity (Wildman–Crippen MR) is 119 cm³/mol. The number of amides is 1. The van der Waals surface area contributed by atoms with Gasteiger partial charge in [0, 0.05) is 35.2 Å². The number of hydrogen-bond acceptors (Lipinski definition) is 6. The first kappa shape index (κ1) is 25.9. The number of benzene rings is 2. The molecule has 0 bridgehead atoms. The monoisotopic (exact) mass is 524 g/mol. The number of carbonyl (C=O) groups excluding carboxylic acids is 1. The Kier molecular flexibility index (Phi) is 6.82. The summed E-state index contributed by atoms with van der Waals surface area (Å²) >= 11 is 0. The van der Waals surface area contributed by atoms with E-state index in [1.807, 2.05) is 0 Å². The molecule has 0 unspecified atom stereocenters. The number of alkyl halides is 3. The first-order chi connectivity index (χ1) is 17.4. The summed E-state index contributed by atoms with van der Waals surface area (Å²) in [4.78, 5) is 20.7. The van der Waals surface area contributed by atoms with Crippen LogP contribution in [-0.4, -0.2) is 23.0 Å². The van der Waals surface area contributed by atoms with Crippen LogP contribution in [0.3, 0.4) is 0 Å². The standard InChI is InChI=1S/C24H18F6N4O3/c1-10(31)21-20(22(35)32-9-14-15(26)7-11(25)8-16(14)27)34-23(37-21)13-3-5-17(36-2)19-12(13)4-6-18(33-19)24(28,29)30/h3-8,10H,9,31H2,1-2H3,(H,32,35)/t10-/m0/s1. The van der Waals surface area contributed by atoms with Gasteiger partial charge in [0.25, 0.3) is 5.91 Å². The number of aromatic nitrogens is 2. The normalized spacial score (nSPS) is 12.6. The Balaban J connectivity index is 1.74. The van der Waals surface area contributed by atoms with Gasteiger partial charge >= 0.3 is 6.18 Å². The molecule has 37 heavy (non-hydrogen) atoms. The number of nitrogens with two attached hydrogens (primary N) is 1. The van der Waals surface area contributed by atoms with Gasteiger partial charge in [-0.3, -0.25) is 4.79 Å². The van der Waals surface area contributed by atoms with Crippen LogP contribution in [0, 0.1) is 17.5 Å². The Bertz CT molecular complexity index is 1480. The minimum absolute atomic E-state index is 0.0603. The molecule has 1 amide bonds. The number of nitrogens with zero attached hydrogens (tertiary/aromatic N) is 2. The van der Waals surface area contributed by atoms with Crippen LogP contribution in [0.2, 0.25) is 0 Å². The molecule has 0 aliphatic carbocycles. The Hall–Kier alpha value is -4.13. The smallest absolute Gasteiger partial charge is 0.433 e. The molecule has 2 aromatic carbocycles. The molecule has 0 spiro atoms. The van der Waals surface area contributed by atoms with Crippen LogP contribution in [0.1, 0.15) is 40.5 Å². The zero-order chi connectivity index (χ0) is 27.1. The largest absolute Gasteiger partial charge is 0.494 e. The summed E-state index contributed by atoms with van der Waals surface area (Å²) in [7, 11) is 1.27. The van der Waals surface area contributed by atoms with E-state index >= 15 is 0 Å². The molecule has 0 saturated heterocycles. The quantitative estimate of drug-likeness (QED) is 0.333. The van der Waals surface area contributed by atoms with Crippen molar-refractivity contribution in [2.45, 2.75) is 25.7 Å². The summed E-state index contributed by atoms with van der Waals surface area (Å²) in [5.74, 6) is -4.59. The topological polar surface area (TPSA) is 103 Å². The summed E-state index contributed by atoms with van der Waals surface area (Å²) in [6.45, 7) is 0.858. The maximum absolute atomic E-state index is 13.9. The second-order valence-corrected chi connectivity index (χ2v) is 7.96. The van der Waals surface area contributed by atoms with E-state index in [4.69, 9.17) is 14.9 Å². The lowest BCUT2D eigenvalue weighted by Gasteiger charge is -2.11. The lowest BCUT2D eigenvalue weighted by atomic mass is 10.1. The fraction of sp³-hybridized carbons (Fsp3) is 0.208. The van der Waals surface area contributed by atoms with Crippen molar-refractivity contribution in [1.82, 2.24) is 15.3 Å². The molecule has 2 heterocycles. The Labute approximate surface area is 205 Å². The van der Waals surface area contributed by atoms with E-state index in [9.17, 15) is 31.1 Å². The number of carbonyl (C=O) groups is 1. The average Bonchev–Trinajstić information content (AvgIpc) is 3.27. The Morgan fingerprint density at radius 3 is 2.38 bits per heavy atom. The molecular formula is C24H18F6N4O3. The number of ether oxygens (including phenoxy) is 1. The molecule has 3 N–H and O–H groups in total. The molecule has 0 saturated carbocycles. The summed E-state index contributed by atoms with van der Waals surface area (Å²) in [5.41, 5.74) is 3.95. The summed E-state index contributed by atoms with van der Waals surface area (Å²) < 4.78 is 91.5. The van der Waals surface area contributed by atoms with Crippen molar-refractivity contribution in [2.75, 3.05) is 7.11 Å². The van der Waals surface area contributed by atoms with Crippen molar-refractivity contribution in [3.05, 3.63) is 76.6 Å². The lowest BCUT2D eigenvalue weighted by Crippen LogP contribution is -2.26. The van der Waals surface area contributed by atoms with Crippen LogP contribution in [0.25, 0.3) is 22.4 Å². The molecule has 0 aliphatic heterocycles. The van der Waals surface area contributed by atoms with Crippen molar-refractivity contribution in [3.63, 3.8) is 0 Å². The molecule has 7 nitrogen and oxygen atoms in total. The fourth-order valence-electron chi connectivity index (χ4n) is 3.61. The minimum atomic E-state index is -4.70. The van der Waals surface area contributed by atoms with Gasteiger partial charge in [-0.2, -0.15) is 13.2 Å². The first-order valence-electron chi connectivity index (χ1n) is 10.6. The van der Waals surface area contributed by atoms with Gasteiger partial charge in [0.15, 0.2) is 11.5 Å². The maximum atomic E-state index is 13.9. The van der Waals surface area contributed by atoms with E-state index < -0.39 is 53.4 Å². The van der Waals surface area contributed by atoms with E-state index in [1.165, 1.54) is 32.2 Å². The lowest BCUT2D eigenvalue weighted by molar-refractivity contribution is -0.140. The van der Waals surface area contributed by atoms with Crippen LogP contribution in [0.15, 0.2) is 40.8 Å². The van der Waals surface area contributed by atoms with E-state index in [-0.39, 0.29) is 39.6 Å². The SMILES string of the molecule is COc1ccc(-c2nc(C(=O)NCc3c(F)cc(F)cc3F)c([C@H](C)N)o2)c2ccc(C(F)(F)F)nc12. The van der Waals surface area contributed by atoms with Crippen molar-refractivity contribution < 1.29 is 40.3 Å². The molecule has 13 heteroatoms. The minimum Gasteiger partial charge on any atom is -0.494 e. The number of nitrogens with one attached hydrogen (secondary N) is 1. The predicted octanol–water partition coefficient (Wildman–Crippen LogP) is 5.28. The first-order valence-corrected chi connectivity index (χ1v) is 10.6. The fourth-order valence-corrected chi connectivity index (χ4v) is 3.61. The van der Waals surface area contributed by atoms with Crippen LogP contribution in [-0.2, 0) is 12.7 Å². The molecule has 0 fully saturated rings. The zero-order valence-corrected chi connectivity index (χ0v) is 19.2. The number of pyridine rings is 1. The van der Waals surface area contributed by atoms with Crippen LogP contribution in [0.4, 0.5) is 26.3 Å². The van der Waals surface area contributed by atoms with Gasteiger partial charge < -0.3 is 20.2 Å². The average molecular weight is 524 g/mol. The second-order valence-electron chi connectivity index (χ2n) is 7.96. The van der Waals surface area contributed by atoms with Gasteiger partial charge in [0.2, 0.25) is 5.89 Å². The third-order valence-electron chi connectivity index (χ3n) is 5.37. The molecule has 4 rings (SSSR count). The number of rotatable bonds is 6. The number of halogens is 6. The van der Waals surface area contributed by atoms with E-state index in [0.717, 1.165) is 6.07 Å². The Morgan fingerprint density at radius 2 is 1.78 bits per heavy atom. The molecule has 0 radical (unpaired) electrons. The highest BCUT2D eigenvalue weighted by Gasteiger charge is 2.33. The van der Waals surface area contributed by atoms with Crippen molar-refractivity contribution in [2.24, 2.45) is 5.73 Å². The summed E-state index contributed by atoms with van der Waals surface area (Å²) in [6, 6.07) is 4.84. The Morgan fingerprint density at radius 1 is 1.11 bits per heavy atom. The molecule has 194 valence electrons. The van der Waals surface area contributed by atoms with Gasteiger partial charge in [-0.1, -0.05) is 0 Å². The molecule has 2 aromatic heterocycles. The molecule has 0 aliphatic rings. The summed E-state index contributed by atoms with van der Waals surface area (Å²) in [5, 5.41) is 2.47. The third kappa shape index (κ3) is 5.07. The van der Waals surface area contributed by atoms with E-state index in [0.29, 0.717) is 12.1 Å².